The van der Waals surface area contributed by atoms with Crippen LogP contribution in [0.3, 0.4) is 0 Å². The molecule has 1 saturated heterocycles. The molecule has 0 aromatic heterocycles. The predicted octanol–water partition coefficient (Wildman–Crippen LogP) is 3.40. The van der Waals surface area contributed by atoms with Crippen molar-refractivity contribution < 1.29 is 13.2 Å². The SMILES string of the molecule is Cc1ccc(C(=O)NCC2=CCCCC2)cc1S(=O)(=O)N1CCCCC1. The highest BCUT2D eigenvalue weighted by Crippen LogP contribution is 2.24. The normalized spacial score (nSPS) is 19.0. The Morgan fingerprint density at radius 2 is 1.88 bits per heavy atom. The van der Waals surface area contributed by atoms with Crippen LogP contribution in [-0.2, 0) is 10.0 Å². The monoisotopic (exact) mass is 376 g/mol. The lowest BCUT2D eigenvalue weighted by Crippen LogP contribution is -2.36. The molecular weight excluding hydrogens is 348 g/mol. The molecule has 2 aliphatic rings. The van der Waals surface area contributed by atoms with E-state index in [0.29, 0.717) is 30.8 Å². The van der Waals surface area contributed by atoms with Gasteiger partial charge >= 0.3 is 0 Å². The van der Waals surface area contributed by atoms with E-state index in [1.807, 2.05) is 0 Å². The summed E-state index contributed by atoms with van der Waals surface area (Å²) in [6, 6.07) is 4.96. The summed E-state index contributed by atoms with van der Waals surface area (Å²) in [5.41, 5.74) is 2.35. The Bertz CT molecular complexity index is 793. The van der Waals surface area contributed by atoms with Gasteiger partial charge in [-0.2, -0.15) is 4.31 Å². The molecule has 1 aliphatic heterocycles. The van der Waals surface area contributed by atoms with Crippen LogP contribution in [0.2, 0.25) is 0 Å². The standard InChI is InChI=1S/C20H28N2O3S/c1-16-10-11-18(20(23)21-15-17-8-4-2-5-9-17)14-19(16)26(24,25)22-12-6-3-7-13-22/h8,10-11,14H,2-7,9,12-13,15H2,1H3,(H,21,23). The van der Waals surface area contributed by atoms with E-state index in [0.717, 1.165) is 32.1 Å². The summed E-state index contributed by atoms with van der Waals surface area (Å²) >= 11 is 0. The summed E-state index contributed by atoms with van der Waals surface area (Å²) in [6.45, 7) is 3.45. The Hall–Kier alpha value is -1.66. The molecule has 0 radical (unpaired) electrons. The Morgan fingerprint density at radius 3 is 2.58 bits per heavy atom. The van der Waals surface area contributed by atoms with Gasteiger partial charge in [0.25, 0.3) is 5.91 Å². The maximum Gasteiger partial charge on any atom is 0.251 e. The van der Waals surface area contributed by atoms with Gasteiger partial charge in [-0.3, -0.25) is 4.79 Å². The number of hydrogen-bond acceptors (Lipinski definition) is 3. The van der Waals surface area contributed by atoms with Crippen LogP contribution in [0.25, 0.3) is 0 Å². The minimum absolute atomic E-state index is 0.216. The maximum absolute atomic E-state index is 13.0. The first-order chi connectivity index (χ1) is 12.5. The second-order valence-corrected chi connectivity index (χ2v) is 9.14. The molecule has 1 aromatic carbocycles. The number of piperidine rings is 1. The van der Waals surface area contributed by atoms with Crippen molar-refractivity contribution in [1.29, 1.82) is 0 Å². The van der Waals surface area contributed by atoms with E-state index in [-0.39, 0.29) is 10.8 Å². The quantitative estimate of drug-likeness (QED) is 0.801. The minimum Gasteiger partial charge on any atom is -0.348 e. The fourth-order valence-corrected chi connectivity index (χ4v) is 5.39. The fraction of sp³-hybridized carbons (Fsp3) is 0.550. The van der Waals surface area contributed by atoms with E-state index < -0.39 is 10.0 Å². The Labute approximate surface area is 156 Å². The molecule has 0 unspecified atom stereocenters. The van der Waals surface area contributed by atoms with Gasteiger partial charge in [0.05, 0.1) is 4.90 Å². The molecule has 142 valence electrons. The number of hydrogen-bond donors (Lipinski definition) is 1. The highest BCUT2D eigenvalue weighted by molar-refractivity contribution is 7.89. The Balaban J connectivity index is 1.76. The molecule has 1 heterocycles. The van der Waals surface area contributed by atoms with Gasteiger partial charge in [-0.05, 0) is 63.1 Å². The second kappa shape index (κ2) is 8.35. The van der Waals surface area contributed by atoms with Gasteiger partial charge in [0, 0.05) is 25.2 Å². The van der Waals surface area contributed by atoms with Crippen molar-refractivity contribution in [2.24, 2.45) is 0 Å². The van der Waals surface area contributed by atoms with Crippen LogP contribution in [0.4, 0.5) is 0 Å². The highest BCUT2D eigenvalue weighted by atomic mass is 32.2. The number of rotatable bonds is 5. The molecule has 3 rings (SSSR count). The third kappa shape index (κ3) is 4.35. The molecule has 0 atom stereocenters. The van der Waals surface area contributed by atoms with Gasteiger partial charge in [0.2, 0.25) is 10.0 Å². The van der Waals surface area contributed by atoms with Crippen molar-refractivity contribution >= 4 is 15.9 Å². The Kier molecular flexibility index (Phi) is 6.14. The first-order valence-electron chi connectivity index (χ1n) is 9.55. The van der Waals surface area contributed by atoms with Crippen LogP contribution in [-0.4, -0.2) is 38.3 Å². The van der Waals surface area contributed by atoms with Gasteiger partial charge in [-0.15, -0.1) is 0 Å². The van der Waals surface area contributed by atoms with E-state index in [1.165, 1.54) is 24.5 Å². The molecule has 1 amide bonds. The molecule has 1 aliphatic carbocycles. The topological polar surface area (TPSA) is 66.5 Å². The van der Waals surface area contributed by atoms with Crippen molar-refractivity contribution in [1.82, 2.24) is 9.62 Å². The number of carbonyl (C=O) groups is 1. The van der Waals surface area contributed by atoms with Gasteiger partial charge in [0.15, 0.2) is 0 Å². The van der Waals surface area contributed by atoms with E-state index in [2.05, 4.69) is 11.4 Å². The van der Waals surface area contributed by atoms with E-state index in [9.17, 15) is 13.2 Å². The van der Waals surface area contributed by atoms with Gasteiger partial charge in [-0.1, -0.05) is 24.1 Å². The van der Waals surface area contributed by atoms with Crippen LogP contribution >= 0.6 is 0 Å². The third-order valence-electron chi connectivity index (χ3n) is 5.24. The molecule has 0 saturated carbocycles. The van der Waals surface area contributed by atoms with Crippen LogP contribution in [0.15, 0.2) is 34.7 Å². The molecule has 1 N–H and O–H groups in total. The zero-order valence-corrected chi connectivity index (χ0v) is 16.3. The number of sulfonamides is 1. The summed E-state index contributed by atoms with van der Waals surface area (Å²) in [6.07, 6.45) is 9.56. The Morgan fingerprint density at radius 1 is 1.12 bits per heavy atom. The molecule has 0 bridgehead atoms. The molecule has 6 heteroatoms. The summed E-state index contributed by atoms with van der Waals surface area (Å²) in [5, 5.41) is 2.93. The first kappa shape index (κ1) is 19.1. The summed E-state index contributed by atoms with van der Waals surface area (Å²) in [5.74, 6) is -0.216. The lowest BCUT2D eigenvalue weighted by Gasteiger charge is -2.26. The van der Waals surface area contributed by atoms with Crippen molar-refractivity contribution in [3.8, 4) is 0 Å². The number of nitrogens with zero attached hydrogens (tertiary/aromatic N) is 1. The first-order valence-corrected chi connectivity index (χ1v) is 11.0. The maximum atomic E-state index is 13.0. The number of carbonyl (C=O) groups excluding carboxylic acids is 1. The lowest BCUT2D eigenvalue weighted by molar-refractivity contribution is 0.0956. The third-order valence-corrected chi connectivity index (χ3v) is 7.28. The smallest absolute Gasteiger partial charge is 0.251 e. The average molecular weight is 377 g/mol. The summed E-state index contributed by atoms with van der Waals surface area (Å²) < 4.78 is 27.5. The molecule has 1 aromatic rings. The van der Waals surface area contributed by atoms with Gasteiger partial charge < -0.3 is 5.32 Å². The average Bonchev–Trinajstić information content (AvgIpc) is 2.68. The molecule has 5 nitrogen and oxygen atoms in total. The van der Waals surface area contributed by atoms with E-state index in [4.69, 9.17) is 0 Å². The van der Waals surface area contributed by atoms with E-state index in [1.54, 1.807) is 23.4 Å². The van der Waals surface area contributed by atoms with Crippen LogP contribution in [0, 0.1) is 6.92 Å². The number of aryl methyl sites for hydroxylation is 1. The zero-order valence-electron chi connectivity index (χ0n) is 15.5. The summed E-state index contributed by atoms with van der Waals surface area (Å²) in [7, 11) is -3.54. The van der Waals surface area contributed by atoms with Gasteiger partial charge in [0.1, 0.15) is 0 Å². The highest BCUT2D eigenvalue weighted by Gasteiger charge is 2.28. The number of amides is 1. The number of benzene rings is 1. The fourth-order valence-electron chi connectivity index (χ4n) is 3.62. The van der Waals surface area contributed by atoms with Gasteiger partial charge in [-0.25, -0.2) is 8.42 Å². The van der Waals surface area contributed by atoms with Crippen molar-refractivity contribution in [2.75, 3.05) is 19.6 Å². The second-order valence-electron chi connectivity index (χ2n) is 7.24. The molecule has 26 heavy (non-hydrogen) atoms. The van der Waals surface area contributed by atoms with Crippen LogP contribution in [0.5, 0.6) is 0 Å². The molecular formula is C20H28N2O3S. The zero-order chi connectivity index (χ0) is 18.6. The van der Waals surface area contributed by atoms with Crippen molar-refractivity contribution in [3.63, 3.8) is 0 Å². The van der Waals surface area contributed by atoms with Crippen molar-refractivity contribution in [2.45, 2.75) is 56.8 Å². The minimum atomic E-state index is -3.54. The van der Waals surface area contributed by atoms with E-state index >= 15 is 0 Å². The van der Waals surface area contributed by atoms with Crippen LogP contribution < -0.4 is 5.32 Å². The number of allylic oxidation sites excluding steroid dienone is 1. The predicted molar refractivity (Wildman–Crippen MR) is 103 cm³/mol. The molecule has 1 fully saturated rings. The largest absolute Gasteiger partial charge is 0.348 e. The summed E-state index contributed by atoms with van der Waals surface area (Å²) in [4.78, 5) is 12.8. The van der Waals surface area contributed by atoms with Crippen LogP contribution in [0.1, 0.15) is 60.9 Å². The molecule has 0 spiro atoms. The van der Waals surface area contributed by atoms with Crippen molar-refractivity contribution in [3.05, 3.63) is 41.0 Å². The number of nitrogens with one attached hydrogen (secondary N) is 1. The lowest BCUT2D eigenvalue weighted by atomic mass is 9.99.